The molecule has 0 bridgehead atoms. The molecule has 0 spiro atoms. The first-order valence-corrected chi connectivity index (χ1v) is 9.86. The van der Waals surface area contributed by atoms with Crippen molar-refractivity contribution in [3.8, 4) is 0 Å². The summed E-state index contributed by atoms with van der Waals surface area (Å²) in [6.07, 6.45) is 3.50. The highest BCUT2D eigenvalue weighted by molar-refractivity contribution is 5.96. The molecule has 2 fully saturated rings. The maximum Gasteiger partial charge on any atom is 0.420 e. The van der Waals surface area contributed by atoms with Crippen molar-refractivity contribution in [2.24, 2.45) is 5.92 Å². The average Bonchev–Trinajstić information content (AvgIpc) is 3.26. The van der Waals surface area contributed by atoms with Crippen LogP contribution >= 0.6 is 0 Å². The largest absolute Gasteiger partial charge is 0.420 e. The van der Waals surface area contributed by atoms with Gasteiger partial charge in [0.2, 0.25) is 5.91 Å². The van der Waals surface area contributed by atoms with Crippen molar-refractivity contribution in [2.75, 3.05) is 25.0 Å². The Kier molecular flexibility index (Phi) is 5.21. The summed E-state index contributed by atoms with van der Waals surface area (Å²) in [5.41, 5.74) is 1.42. The summed E-state index contributed by atoms with van der Waals surface area (Å²) in [4.78, 5) is 39.1. The molecule has 0 saturated carbocycles. The lowest BCUT2D eigenvalue weighted by Gasteiger charge is -2.26. The smallest absolute Gasteiger partial charge is 0.408 e. The zero-order valence-electron chi connectivity index (χ0n) is 16.0. The van der Waals surface area contributed by atoms with E-state index in [0.717, 1.165) is 38.8 Å². The Morgan fingerprint density at radius 1 is 1.21 bits per heavy atom. The van der Waals surface area contributed by atoms with Crippen molar-refractivity contribution < 1.29 is 18.7 Å². The van der Waals surface area contributed by atoms with Gasteiger partial charge < -0.3 is 19.4 Å². The number of nitrogens with zero attached hydrogens (tertiary/aromatic N) is 2. The molecular formula is C20H25N3O5. The second kappa shape index (κ2) is 7.79. The molecule has 1 N–H and O–H groups in total. The molecule has 2 atom stereocenters. The number of oxazole rings is 1. The quantitative estimate of drug-likeness (QED) is 0.866. The first-order chi connectivity index (χ1) is 13.5. The van der Waals surface area contributed by atoms with Crippen molar-refractivity contribution in [3.63, 3.8) is 0 Å². The van der Waals surface area contributed by atoms with Gasteiger partial charge in [0.15, 0.2) is 5.58 Å². The van der Waals surface area contributed by atoms with Crippen molar-refractivity contribution in [1.82, 2.24) is 9.47 Å². The Morgan fingerprint density at radius 3 is 2.71 bits per heavy atom. The highest BCUT2D eigenvalue weighted by atomic mass is 16.5. The van der Waals surface area contributed by atoms with E-state index in [1.165, 1.54) is 4.57 Å². The Morgan fingerprint density at radius 2 is 2.00 bits per heavy atom. The van der Waals surface area contributed by atoms with Crippen LogP contribution in [0.5, 0.6) is 0 Å². The molecule has 2 aromatic rings. The van der Waals surface area contributed by atoms with Gasteiger partial charge in [0, 0.05) is 25.4 Å². The molecule has 0 unspecified atom stereocenters. The zero-order valence-corrected chi connectivity index (χ0v) is 16.0. The number of piperidine rings is 1. The first kappa shape index (κ1) is 18.7. The Labute approximate surface area is 162 Å². The van der Waals surface area contributed by atoms with Crippen molar-refractivity contribution in [2.45, 2.75) is 45.3 Å². The number of aromatic nitrogens is 1. The lowest BCUT2D eigenvalue weighted by Crippen LogP contribution is -2.39. The van der Waals surface area contributed by atoms with Gasteiger partial charge in [-0.3, -0.25) is 14.2 Å². The van der Waals surface area contributed by atoms with Crippen molar-refractivity contribution in [1.29, 1.82) is 0 Å². The molecule has 2 aliphatic rings. The van der Waals surface area contributed by atoms with E-state index in [4.69, 9.17) is 9.15 Å². The molecule has 2 saturated heterocycles. The summed E-state index contributed by atoms with van der Waals surface area (Å²) in [5, 5.41) is 2.84. The number of benzene rings is 1. The Balaban J connectivity index is 1.55. The van der Waals surface area contributed by atoms with E-state index in [1.807, 2.05) is 6.92 Å². The van der Waals surface area contributed by atoms with Gasteiger partial charge in [-0.05, 0) is 49.8 Å². The summed E-state index contributed by atoms with van der Waals surface area (Å²) < 4.78 is 12.1. The molecule has 0 radical (unpaired) electrons. The zero-order chi connectivity index (χ0) is 19.7. The number of ether oxygens (including phenoxy) is 1. The van der Waals surface area contributed by atoms with Gasteiger partial charge in [-0.15, -0.1) is 0 Å². The van der Waals surface area contributed by atoms with Crippen molar-refractivity contribution in [3.05, 3.63) is 28.7 Å². The second-order valence-corrected chi connectivity index (χ2v) is 7.62. The van der Waals surface area contributed by atoms with Crippen molar-refractivity contribution >= 4 is 28.6 Å². The molecular weight excluding hydrogens is 362 g/mol. The van der Waals surface area contributed by atoms with Gasteiger partial charge >= 0.3 is 5.76 Å². The number of carbonyl (C=O) groups excluding carboxylic acids is 2. The minimum absolute atomic E-state index is 0.0635. The van der Waals surface area contributed by atoms with Gasteiger partial charge in [0.05, 0.1) is 5.52 Å². The number of hydrogen-bond acceptors (Lipinski definition) is 5. The van der Waals surface area contributed by atoms with Crippen LogP contribution in [-0.4, -0.2) is 47.1 Å². The van der Waals surface area contributed by atoms with E-state index in [2.05, 4.69) is 5.32 Å². The van der Waals surface area contributed by atoms with Crippen LogP contribution in [0.1, 0.15) is 32.6 Å². The van der Waals surface area contributed by atoms with Crippen LogP contribution in [0.15, 0.2) is 27.4 Å². The van der Waals surface area contributed by atoms with Crippen LogP contribution < -0.4 is 11.1 Å². The third-order valence-electron chi connectivity index (χ3n) is 5.58. The number of anilines is 1. The van der Waals surface area contributed by atoms with Crippen LogP contribution in [0.4, 0.5) is 5.69 Å². The number of amides is 2. The van der Waals surface area contributed by atoms with Gasteiger partial charge in [0.25, 0.3) is 5.91 Å². The molecule has 0 aliphatic carbocycles. The highest BCUT2D eigenvalue weighted by Gasteiger charge is 2.31. The molecule has 2 aliphatic heterocycles. The molecule has 2 amide bonds. The summed E-state index contributed by atoms with van der Waals surface area (Å²) >= 11 is 0. The van der Waals surface area contributed by atoms with Gasteiger partial charge in [-0.25, -0.2) is 4.79 Å². The van der Waals surface area contributed by atoms with Crippen LogP contribution in [0, 0.1) is 5.92 Å². The van der Waals surface area contributed by atoms with Crippen LogP contribution in [0.25, 0.3) is 11.1 Å². The number of hydrogen-bond donors (Lipinski definition) is 1. The van der Waals surface area contributed by atoms with Crippen LogP contribution in [0.2, 0.25) is 0 Å². The molecule has 28 heavy (non-hydrogen) atoms. The van der Waals surface area contributed by atoms with E-state index in [1.54, 1.807) is 23.1 Å². The fourth-order valence-electron chi connectivity index (χ4n) is 3.91. The predicted octanol–water partition coefficient (Wildman–Crippen LogP) is 1.97. The fourth-order valence-corrected chi connectivity index (χ4v) is 3.91. The fraction of sp³-hybridized carbons (Fsp3) is 0.550. The lowest BCUT2D eigenvalue weighted by atomic mass is 10.0. The highest BCUT2D eigenvalue weighted by Crippen LogP contribution is 2.23. The second-order valence-electron chi connectivity index (χ2n) is 7.62. The van der Waals surface area contributed by atoms with E-state index in [9.17, 15) is 14.4 Å². The monoisotopic (exact) mass is 387 g/mol. The first-order valence-electron chi connectivity index (χ1n) is 9.86. The summed E-state index contributed by atoms with van der Waals surface area (Å²) in [6, 6.07) is 4.98. The van der Waals surface area contributed by atoms with E-state index < -0.39 is 11.9 Å². The molecule has 8 heteroatoms. The predicted molar refractivity (Wildman–Crippen MR) is 103 cm³/mol. The number of likely N-dealkylation sites (tertiary alicyclic amines) is 1. The summed E-state index contributed by atoms with van der Waals surface area (Å²) in [5.74, 6) is -0.701. The molecule has 4 rings (SSSR count). The van der Waals surface area contributed by atoms with Gasteiger partial charge in [-0.2, -0.15) is 0 Å². The normalized spacial score (nSPS) is 22.5. The lowest BCUT2D eigenvalue weighted by molar-refractivity contribution is -0.132. The average molecular weight is 387 g/mol. The maximum atomic E-state index is 12.6. The third kappa shape index (κ3) is 3.69. The Bertz CT molecular complexity index is 941. The molecule has 150 valence electrons. The summed E-state index contributed by atoms with van der Waals surface area (Å²) in [6.45, 7) is 3.96. The van der Waals surface area contributed by atoms with E-state index >= 15 is 0 Å². The van der Waals surface area contributed by atoms with Crippen LogP contribution in [0.3, 0.4) is 0 Å². The Hall–Kier alpha value is -2.61. The topological polar surface area (TPSA) is 93.8 Å². The number of carbonyl (C=O) groups is 2. The molecule has 3 heterocycles. The number of rotatable bonds is 4. The maximum absolute atomic E-state index is 12.6. The molecule has 1 aromatic carbocycles. The number of fused-ring (bicyclic) bond motifs is 1. The number of nitrogens with one attached hydrogen (secondary N) is 1. The third-order valence-corrected chi connectivity index (χ3v) is 5.58. The summed E-state index contributed by atoms with van der Waals surface area (Å²) in [7, 11) is 0. The van der Waals surface area contributed by atoms with Gasteiger partial charge in [0.1, 0.15) is 12.6 Å². The van der Waals surface area contributed by atoms with E-state index in [-0.39, 0.29) is 24.3 Å². The van der Waals surface area contributed by atoms with Crippen LogP contribution in [-0.2, 0) is 20.9 Å². The molecule has 1 aromatic heterocycles. The standard InChI is InChI=1S/C20H25N3O5/c1-13-7-10-27-18(13)19(25)21-14-5-6-16-15(11-14)23(20(26)28-16)12-17(24)22-8-3-2-4-9-22/h5-6,11,13,18H,2-4,7-10,12H2,1H3,(H,21,25)/t13-,18+/m1/s1. The van der Waals surface area contributed by atoms with Gasteiger partial charge in [-0.1, -0.05) is 6.92 Å². The van der Waals surface area contributed by atoms with E-state index in [0.29, 0.717) is 23.4 Å². The SMILES string of the molecule is C[C@@H]1CCO[C@@H]1C(=O)Nc1ccc2oc(=O)n(CC(=O)N3CCCCC3)c2c1. The molecule has 8 nitrogen and oxygen atoms in total. The minimum Gasteiger partial charge on any atom is -0.408 e. The minimum atomic E-state index is -0.573.